The second kappa shape index (κ2) is 25.5. The summed E-state index contributed by atoms with van der Waals surface area (Å²) >= 11 is 0. The summed E-state index contributed by atoms with van der Waals surface area (Å²) in [5.41, 5.74) is 0. The molecular weight excluding hydrogens is 571 g/mol. The van der Waals surface area contributed by atoms with Gasteiger partial charge in [0.2, 0.25) is 0 Å². The molecule has 0 aromatic carbocycles. The highest BCUT2D eigenvalue weighted by Gasteiger charge is 2.35. The fraction of sp³-hybridized carbons (Fsp3) is 0.758. The van der Waals surface area contributed by atoms with Gasteiger partial charge in [0.1, 0.15) is 6.61 Å². The zero-order valence-electron chi connectivity index (χ0n) is 26.5. The van der Waals surface area contributed by atoms with Gasteiger partial charge in [-0.05, 0) is 51.4 Å². The average molecular weight is 629 g/mol. The first-order valence-electron chi connectivity index (χ1n) is 16.4. The highest BCUT2D eigenvalue weighted by molar-refractivity contribution is 7.46. The largest absolute Gasteiger partial charge is 0.469 e. The Morgan fingerprint density at radius 3 is 1.98 bits per heavy atom. The van der Waals surface area contributed by atoms with E-state index < -0.39 is 32.5 Å². The molecule has 3 atom stereocenters. The first kappa shape index (κ1) is 39.3. The SMILES string of the molecule is CCCCC/C=C\CC1OC1C/C=C\C/C=C\CCCC(=O)OC[C@H](COP(=O)(O)O)OC(=O)CCCCCCCCC. The van der Waals surface area contributed by atoms with E-state index in [9.17, 15) is 14.2 Å². The zero-order chi connectivity index (χ0) is 31.6. The molecule has 1 aliphatic heterocycles. The van der Waals surface area contributed by atoms with Gasteiger partial charge in [-0.3, -0.25) is 14.1 Å². The summed E-state index contributed by atoms with van der Waals surface area (Å²) in [6.45, 7) is 3.51. The quantitative estimate of drug-likeness (QED) is 0.0290. The van der Waals surface area contributed by atoms with E-state index in [1.54, 1.807) is 0 Å². The Morgan fingerprint density at radius 1 is 0.721 bits per heavy atom. The van der Waals surface area contributed by atoms with Crippen molar-refractivity contribution < 1.29 is 42.7 Å². The molecule has 0 bridgehead atoms. The maximum absolute atomic E-state index is 12.2. The second-order valence-electron chi connectivity index (χ2n) is 11.2. The summed E-state index contributed by atoms with van der Waals surface area (Å²) in [5, 5.41) is 0. The Hall–Kier alpha value is -1.77. The van der Waals surface area contributed by atoms with Crippen LogP contribution in [0.15, 0.2) is 36.5 Å². The number of esters is 2. The molecule has 0 radical (unpaired) electrons. The monoisotopic (exact) mass is 628 g/mol. The number of allylic oxidation sites excluding steroid dienone is 4. The molecule has 43 heavy (non-hydrogen) atoms. The average Bonchev–Trinajstić information content (AvgIpc) is 3.72. The third-order valence-electron chi connectivity index (χ3n) is 7.06. The normalized spacial score (nSPS) is 17.7. The molecule has 1 saturated heterocycles. The third kappa shape index (κ3) is 25.3. The van der Waals surface area contributed by atoms with Crippen LogP contribution >= 0.6 is 7.82 Å². The highest BCUT2D eigenvalue weighted by atomic mass is 31.2. The fourth-order valence-electron chi connectivity index (χ4n) is 4.46. The van der Waals surface area contributed by atoms with Gasteiger partial charge in [0.25, 0.3) is 0 Å². The lowest BCUT2D eigenvalue weighted by atomic mass is 10.1. The summed E-state index contributed by atoms with van der Waals surface area (Å²) in [6, 6.07) is 0. The highest BCUT2D eigenvalue weighted by Crippen LogP contribution is 2.36. The molecule has 2 N–H and O–H groups in total. The molecule has 1 aliphatic rings. The Kier molecular flexibility index (Phi) is 23.3. The number of hydrogen-bond donors (Lipinski definition) is 2. The molecule has 1 heterocycles. The number of unbranched alkanes of at least 4 members (excludes halogenated alkanes) is 10. The smallest absolute Gasteiger partial charge is 0.462 e. The standard InChI is InChI=1S/C33H57O9P/c1-3-5-7-9-12-18-22-26-33(35)41-29(28-40-43(36,37)38)27-39-32(34)25-21-17-14-11-13-16-20-24-31-30(42-31)23-19-15-10-8-6-4-2/h11,14-16,19-20,29-31H,3-10,12-13,17-18,21-28H2,1-2H3,(H2,36,37,38)/b14-11-,19-15-,20-16-/t29-,30?,31?/m1/s1. The van der Waals surface area contributed by atoms with Crippen molar-refractivity contribution in [1.82, 2.24) is 0 Å². The number of hydrogen-bond acceptors (Lipinski definition) is 7. The number of ether oxygens (including phenoxy) is 3. The minimum atomic E-state index is -4.75. The summed E-state index contributed by atoms with van der Waals surface area (Å²) in [5.74, 6) is -0.967. The van der Waals surface area contributed by atoms with Crippen LogP contribution in [0.2, 0.25) is 0 Å². The van der Waals surface area contributed by atoms with Gasteiger partial charge >= 0.3 is 19.8 Å². The van der Waals surface area contributed by atoms with Gasteiger partial charge in [-0.15, -0.1) is 0 Å². The van der Waals surface area contributed by atoms with Gasteiger partial charge in [0.15, 0.2) is 6.10 Å². The molecule has 0 spiro atoms. The van der Waals surface area contributed by atoms with Crippen LogP contribution in [0.1, 0.15) is 129 Å². The van der Waals surface area contributed by atoms with Crippen molar-refractivity contribution in [1.29, 1.82) is 0 Å². The van der Waals surface area contributed by atoms with Crippen molar-refractivity contribution in [2.24, 2.45) is 0 Å². The van der Waals surface area contributed by atoms with Crippen LogP contribution in [0.25, 0.3) is 0 Å². The van der Waals surface area contributed by atoms with E-state index in [0.717, 1.165) is 51.4 Å². The van der Waals surface area contributed by atoms with Crippen molar-refractivity contribution in [2.75, 3.05) is 13.2 Å². The van der Waals surface area contributed by atoms with Crippen LogP contribution in [-0.2, 0) is 32.9 Å². The molecule has 0 amide bonds. The van der Waals surface area contributed by atoms with Crippen molar-refractivity contribution in [3.8, 4) is 0 Å². The predicted octanol–water partition coefficient (Wildman–Crippen LogP) is 8.05. The number of phosphoric acid groups is 1. The van der Waals surface area contributed by atoms with Crippen LogP contribution in [0, 0.1) is 0 Å². The van der Waals surface area contributed by atoms with Crippen molar-refractivity contribution in [3.63, 3.8) is 0 Å². The minimum Gasteiger partial charge on any atom is -0.462 e. The number of epoxide rings is 1. The van der Waals surface area contributed by atoms with E-state index in [1.165, 1.54) is 38.5 Å². The van der Waals surface area contributed by atoms with Crippen molar-refractivity contribution in [2.45, 2.75) is 148 Å². The van der Waals surface area contributed by atoms with E-state index in [-0.39, 0.29) is 19.4 Å². The minimum absolute atomic E-state index is 0.186. The van der Waals surface area contributed by atoms with Crippen LogP contribution in [0.5, 0.6) is 0 Å². The maximum atomic E-state index is 12.2. The first-order chi connectivity index (χ1) is 20.7. The van der Waals surface area contributed by atoms with Gasteiger partial charge < -0.3 is 24.0 Å². The molecule has 1 fully saturated rings. The molecule has 248 valence electrons. The lowest BCUT2D eigenvalue weighted by Gasteiger charge is -2.18. The van der Waals surface area contributed by atoms with E-state index >= 15 is 0 Å². The van der Waals surface area contributed by atoms with E-state index in [2.05, 4.69) is 48.8 Å². The molecule has 2 unspecified atom stereocenters. The van der Waals surface area contributed by atoms with Crippen LogP contribution < -0.4 is 0 Å². The van der Waals surface area contributed by atoms with E-state index in [4.69, 9.17) is 24.0 Å². The van der Waals surface area contributed by atoms with Gasteiger partial charge in [-0.25, -0.2) is 4.57 Å². The summed E-state index contributed by atoms with van der Waals surface area (Å²) in [6.07, 6.45) is 29.3. The van der Waals surface area contributed by atoms with Crippen molar-refractivity contribution >= 4 is 19.8 Å². The molecule has 10 heteroatoms. The second-order valence-corrected chi connectivity index (χ2v) is 12.4. The number of carbonyl (C=O) groups is 2. The Balaban J connectivity index is 2.16. The zero-order valence-corrected chi connectivity index (χ0v) is 27.4. The molecule has 1 rings (SSSR count). The molecule has 0 aliphatic carbocycles. The van der Waals surface area contributed by atoms with E-state index in [1.807, 2.05) is 6.08 Å². The lowest BCUT2D eigenvalue weighted by molar-refractivity contribution is -0.161. The Labute approximate surface area is 259 Å². The molecule has 9 nitrogen and oxygen atoms in total. The fourth-order valence-corrected chi connectivity index (χ4v) is 4.82. The molecule has 0 saturated carbocycles. The van der Waals surface area contributed by atoms with Gasteiger partial charge in [0.05, 0.1) is 18.8 Å². The maximum Gasteiger partial charge on any atom is 0.469 e. The lowest BCUT2D eigenvalue weighted by Crippen LogP contribution is -2.29. The number of carbonyl (C=O) groups excluding carboxylic acids is 2. The first-order valence-corrected chi connectivity index (χ1v) is 17.9. The third-order valence-corrected chi connectivity index (χ3v) is 7.55. The topological polar surface area (TPSA) is 132 Å². The van der Waals surface area contributed by atoms with Crippen LogP contribution in [-0.4, -0.2) is 53.3 Å². The van der Waals surface area contributed by atoms with Gasteiger partial charge in [-0.1, -0.05) is 102 Å². The van der Waals surface area contributed by atoms with Crippen LogP contribution in [0.4, 0.5) is 0 Å². The molecule has 0 aromatic rings. The summed E-state index contributed by atoms with van der Waals surface area (Å²) < 4.78 is 31.7. The van der Waals surface area contributed by atoms with Crippen molar-refractivity contribution in [3.05, 3.63) is 36.5 Å². The Bertz CT molecular complexity index is 864. The Morgan fingerprint density at radius 2 is 1.28 bits per heavy atom. The van der Waals surface area contributed by atoms with Gasteiger partial charge in [0, 0.05) is 12.8 Å². The number of rotatable bonds is 28. The molecular formula is C33H57O9P. The van der Waals surface area contributed by atoms with E-state index in [0.29, 0.717) is 25.0 Å². The summed E-state index contributed by atoms with van der Waals surface area (Å²) in [4.78, 5) is 42.3. The molecule has 0 aromatic heterocycles. The van der Waals surface area contributed by atoms with Crippen LogP contribution in [0.3, 0.4) is 0 Å². The predicted molar refractivity (Wildman–Crippen MR) is 169 cm³/mol. The van der Waals surface area contributed by atoms with Gasteiger partial charge in [-0.2, -0.15) is 0 Å². The summed E-state index contributed by atoms with van der Waals surface area (Å²) in [7, 11) is -4.75. The number of phosphoric ester groups is 1.